The fourth-order valence-corrected chi connectivity index (χ4v) is 1.75. The van der Waals surface area contributed by atoms with Crippen LogP contribution in [0, 0.1) is 5.82 Å². The first kappa shape index (κ1) is 17.8. The third-order valence-corrected chi connectivity index (χ3v) is 2.91. The molecule has 2 atom stereocenters. The van der Waals surface area contributed by atoms with E-state index in [0.29, 0.717) is 18.7 Å². The number of hydrogen-bond acceptors (Lipinski definition) is 3. The van der Waals surface area contributed by atoms with Crippen LogP contribution in [0.15, 0.2) is 24.3 Å². The zero-order valence-electron chi connectivity index (χ0n) is 11.0. The summed E-state index contributed by atoms with van der Waals surface area (Å²) in [5, 5.41) is 10.00. The van der Waals surface area contributed by atoms with E-state index >= 15 is 0 Å². The first-order chi connectivity index (χ1) is 8.51. The zero-order valence-corrected chi connectivity index (χ0v) is 11.9. The van der Waals surface area contributed by atoms with Gasteiger partial charge in [0.2, 0.25) is 5.91 Å². The van der Waals surface area contributed by atoms with Crippen LogP contribution in [0.3, 0.4) is 0 Å². The predicted octanol–water partition coefficient (Wildman–Crippen LogP) is 1.48. The molecule has 3 N–H and O–H groups in total. The van der Waals surface area contributed by atoms with Crippen LogP contribution in [-0.4, -0.2) is 35.0 Å². The van der Waals surface area contributed by atoms with Crippen LogP contribution in [0.2, 0.25) is 0 Å². The fraction of sp³-hybridized carbons (Fsp3) is 0.462. The highest BCUT2D eigenvalue weighted by Crippen LogP contribution is 2.17. The average Bonchev–Trinajstić information content (AvgIpc) is 2.39. The van der Waals surface area contributed by atoms with Crippen LogP contribution in [0.5, 0.6) is 0 Å². The van der Waals surface area contributed by atoms with E-state index in [1.54, 1.807) is 4.90 Å². The molecule has 0 saturated carbocycles. The molecule has 0 bridgehead atoms. The van der Waals surface area contributed by atoms with Crippen molar-refractivity contribution >= 4 is 18.3 Å². The number of rotatable bonds is 5. The Balaban J connectivity index is 0.00000324. The summed E-state index contributed by atoms with van der Waals surface area (Å²) >= 11 is 0. The monoisotopic (exact) mass is 290 g/mol. The lowest BCUT2D eigenvalue weighted by molar-refractivity contribution is -0.134. The van der Waals surface area contributed by atoms with E-state index in [4.69, 9.17) is 5.73 Å². The van der Waals surface area contributed by atoms with Gasteiger partial charge in [0, 0.05) is 13.1 Å². The summed E-state index contributed by atoms with van der Waals surface area (Å²) in [4.78, 5) is 13.5. The van der Waals surface area contributed by atoms with E-state index in [1.807, 2.05) is 13.8 Å². The highest BCUT2D eigenvalue weighted by Gasteiger charge is 2.27. The SMILES string of the molecule is CCN(CC)C(=O)[C@H](N)[C@@H](O)c1ccc(F)cc1.Cl. The second-order valence-electron chi connectivity index (χ2n) is 4.03. The van der Waals surface area contributed by atoms with E-state index in [0.717, 1.165) is 0 Å². The van der Waals surface area contributed by atoms with E-state index < -0.39 is 18.0 Å². The van der Waals surface area contributed by atoms with Crippen molar-refractivity contribution in [3.8, 4) is 0 Å². The van der Waals surface area contributed by atoms with Gasteiger partial charge in [0.05, 0.1) is 0 Å². The Labute approximate surface area is 118 Å². The Hall–Kier alpha value is -1.17. The molecule has 0 aliphatic carbocycles. The summed E-state index contributed by atoms with van der Waals surface area (Å²) in [5.74, 6) is -0.702. The number of carbonyl (C=O) groups is 1. The molecule has 0 spiro atoms. The van der Waals surface area contributed by atoms with Gasteiger partial charge in [-0.15, -0.1) is 12.4 Å². The van der Waals surface area contributed by atoms with Crippen molar-refractivity contribution < 1.29 is 14.3 Å². The molecule has 4 nitrogen and oxygen atoms in total. The predicted molar refractivity (Wildman–Crippen MR) is 74.5 cm³/mol. The van der Waals surface area contributed by atoms with Gasteiger partial charge >= 0.3 is 0 Å². The Kier molecular flexibility index (Phi) is 7.59. The smallest absolute Gasteiger partial charge is 0.242 e. The Morgan fingerprint density at radius 1 is 1.32 bits per heavy atom. The van der Waals surface area contributed by atoms with Crippen LogP contribution in [0.4, 0.5) is 4.39 Å². The minimum Gasteiger partial charge on any atom is -0.386 e. The minimum atomic E-state index is -1.13. The van der Waals surface area contributed by atoms with Crippen molar-refractivity contribution in [3.63, 3.8) is 0 Å². The number of likely N-dealkylation sites (N-methyl/N-ethyl adjacent to an activating group) is 1. The van der Waals surface area contributed by atoms with Crippen LogP contribution in [-0.2, 0) is 4.79 Å². The van der Waals surface area contributed by atoms with Gasteiger partial charge < -0.3 is 15.7 Å². The van der Waals surface area contributed by atoms with Gasteiger partial charge in [-0.05, 0) is 31.5 Å². The largest absolute Gasteiger partial charge is 0.386 e. The van der Waals surface area contributed by atoms with Crippen LogP contribution < -0.4 is 5.73 Å². The minimum absolute atomic E-state index is 0. The van der Waals surface area contributed by atoms with Gasteiger partial charge in [0.25, 0.3) is 0 Å². The van der Waals surface area contributed by atoms with Crippen LogP contribution >= 0.6 is 12.4 Å². The number of aliphatic hydroxyl groups excluding tert-OH is 1. The lowest BCUT2D eigenvalue weighted by Gasteiger charge is -2.25. The second kappa shape index (κ2) is 8.09. The summed E-state index contributed by atoms with van der Waals surface area (Å²) in [6.07, 6.45) is -1.13. The molecule has 0 aromatic heterocycles. The number of carbonyl (C=O) groups excluding carboxylic acids is 1. The maximum atomic E-state index is 12.8. The third kappa shape index (κ3) is 4.45. The van der Waals surface area contributed by atoms with E-state index in [2.05, 4.69) is 0 Å². The van der Waals surface area contributed by atoms with Crippen molar-refractivity contribution in [2.45, 2.75) is 26.0 Å². The molecule has 0 radical (unpaired) electrons. The first-order valence-electron chi connectivity index (χ1n) is 5.99. The molecule has 0 unspecified atom stereocenters. The maximum Gasteiger partial charge on any atom is 0.242 e. The summed E-state index contributed by atoms with van der Waals surface area (Å²) in [6, 6.07) is 4.28. The molecule has 0 heterocycles. The number of nitrogens with zero attached hydrogens (tertiary/aromatic N) is 1. The molecule has 1 aromatic carbocycles. The normalized spacial score (nSPS) is 13.3. The summed E-state index contributed by atoms with van der Waals surface area (Å²) < 4.78 is 12.8. The molecule has 0 fully saturated rings. The van der Waals surface area contributed by atoms with Crippen molar-refractivity contribution in [3.05, 3.63) is 35.6 Å². The van der Waals surface area contributed by atoms with Gasteiger partial charge in [-0.1, -0.05) is 12.1 Å². The standard InChI is InChI=1S/C13H19FN2O2.ClH/c1-3-16(4-2)13(18)11(15)12(17)9-5-7-10(14)8-6-9;/h5-8,11-12,17H,3-4,15H2,1-2H3;1H/t11-,12+;/m1./s1. The summed E-state index contributed by atoms with van der Waals surface area (Å²) in [7, 11) is 0. The quantitative estimate of drug-likeness (QED) is 0.863. The third-order valence-electron chi connectivity index (χ3n) is 2.91. The lowest BCUT2D eigenvalue weighted by Crippen LogP contribution is -2.46. The number of nitrogens with two attached hydrogens (primary N) is 1. The lowest BCUT2D eigenvalue weighted by atomic mass is 10.0. The average molecular weight is 291 g/mol. The van der Waals surface area contributed by atoms with Crippen LogP contribution in [0.1, 0.15) is 25.5 Å². The molecule has 0 aliphatic rings. The zero-order chi connectivity index (χ0) is 13.7. The van der Waals surface area contributed by atoms with E-state index in [-0.39, 0.29) is 18.3 Å². The highest BCUT2D eigenvalue weighted by atomic mass is 35.5. The van der Waals surface area contributed by atoms with Crippen LogP contribution in [0.25, 0.3) is 0 Å². The Morgan fingerprint density at radius 2 is 1.79 bits per heavy atom. The van der Waals surface area contributed by atoms with Crippen molar-refractivity contribution in [2.75, 3.05) is 13.1 Å². The number of halogens is 2. The van der Waals surface area contributed by atoms with Gasteiger partial charge in [-0.3, -0.25) is 4.79 Å². The number of benzene rings is 1. The molecule has 0 aliphatic heterocycles. The second-order valence-corrected chi connectivity index (χ2v) is 4.03. The number of hydrogen-bond donors (Lipinski definition) is 2. The Morgan fingerprint density at radius 3 is 2.21 bits per heavy atom. The van der Waals surface area contributed by atoms with Gasteiger partial charge in [0.1, 0.15) is 18.0 Å². The Bertz CT molecular complexity index is 396. The van der Waals surface area contributed by atoms with E-state index in [9.17, 15) is 14.3 Å². The van der Waals surface area contributed by atoms with Gasteiger partial charge in [0.15, 0.2) is 0 Å². The summed E-state index contributed by atoms with van der Waals surface area (Å²) in [5.41, 5.74) is 6.18. The van der Waals surface area contributed by atoms with Gasteiger partial charge in [-0.25, -0.2) is 4.39 Å². The summed E-state index contributed by atoms with van der Waals surface area (Å²) in [6.45, 7) is 4.77. The van der Waals surface area contributed by atoms with Crippen molar-refractivity contribution in [1.29, 1.82) is 0 Å². The molecule has 1 amide bonds. The molecule has 19 heavy (non-hydrogen) atoms. The highest BCUT2D eigenvalue weighted by molar-refractivity contribution is 5.85. The molecule has 108 valence electrons. The number of amides is 1. The molecule has 1 aromatic rings. The van der Waals surface area contributed by atoms with Gasteiger partial charge in [-0.2, -0.15) is 0 Å². The topological polar surface area (TPSA) is 66.6 Å². The molecule has 0 saturated heterocycles. The maximum absolute atomic E-state index is 12.8. The number of aliphatic hydroxyl groups is 1. The molecule has 1 rings (SSSR count). The van der Waals surface area contributed by atoms with Crippen molar-refractivity contribution in [1.82, 2.24) is 4.90 Å². The van der Waals surface area contributed by atoms with E-state index in [1.165, 1.54) is 24.3 Å². The fourth-order valence-electron chi connectivity index (χ4n) is 1.75. The molecular formula is C13H20ClFN2O2. The first-order valence-corrected chi connectivity index (χ1v) is 5.99. The molecular weight excluding hydrogens is 271 g/mol. The molecule has 6 heteroatoms. The van der Waals surface area contributed by atoms with Crippen molar-refractivity contribution in [2.24, 2.45) is 5.73 Å².